The lowest BCUT2D eigenvalue weighted by Crippen LogP contribution is -2.53. The number of hydrogen-bond donors (Lipinski definition) is 2. The monoisotopic (exact) mass is 307 g/mol. The summed E-state index contributed by atoms with van der Waals surface area (Å²) in [6.07, 6.45) is 8.75. The number of amides is 1. The average Bonchev–Trinajstić information content (AvgIpc) is 2.89. The maximum absolute atomic E-state index is 12.0. The average molecular weight is 307 g/mol. The van der Waals surface area contributed by atoms with Crippen LogP contribution in [0.25, 0.3) is 0 Å². The summed E-state index contributed by atoms with van der Waals surface area (Å²) in [5.41, 5.74) is -0.833. The van der Waals surface area contributed by atoms with Gasteiger partial charge >= 0.3 is 0 Å². The summed E-state index contributed by atoms with van der Waals surface area (Å²) >= 11 is 0. The van der Waals surface area contributed by atoms with Gasteiger partial charge in [-0.2, -0.15) is 0 Å². The fourth-order valence-electron chi connectivity index (χ4n) is 3.30. The Morgan fingerprint density at radius 1 is 1.41 bits per heavy atom. The first-order chi connectivity index (χ1) is 10.6. The molecule has 1 aliphatic heterocycles. The number of carbonyl (C=O) groups is 1. The summed E-state index contributed by atoms with van der Waals surface area (Å²) in [6, 6.07) is 0. The Kier molecular flexibility index (Phi) is 4.73. The standard InChI is InChI=1S/C15H25N5O2/c21-14(16-9-13-3-1-4-13)10-19-7-2-5-15(22,11-19)12-20-8-6-17-18-20/h6,8,13,22H,1-5,7,9-12H2,(H,16,21). The highest BCUT2D eigenvalue weighted by Crippen LogP contribution is 2.25. The van der Waals surface area contributed by atoms with Crippen molar-refractivity contribution in [3.63, 3.8) is 0 Å². The van der Waals surface area contributed by atoms with Crippen LogP contribution in [0.5, 0.6) is 0 Å². The third kappa shape index (κ3) is 4.04. The van der Waals surface area contributed by atoms with Crippen molar-refractivity contribution >= 4 is 5.91 Å². The van der Waals surface area contributed by atoms with Crippen molar-refractivity contribution in [1.29, 1.82) is 0 Å². The zero-order valence-electron chi connectivity index (χ0n) is 12.9. The number of β-amino-alcohol motifs (C(OH)–C–C–N with tert-alkyl or cyclic N) is 1. The summed E-state index contributed by atoms with van der Waals surface area (Å²) in [5, 5.41) is 21.4. The van der Waals surface area contributed by atoms with Gasteiger partial charge in [-0.3, -0.25) is 9.69 Å². The Balaban J connectivity index is 1.46. The number of aromatic nitrogens is 3. The van der Waals surface area contributed by atoms with Gasteiger partial charge in [-0.05, 0) is 38.1 Å². The van der Waals surface area contributed by atoms with Gasteiger partial charge in [0.05, 0.1) is 24.9 Å². The second-order valence-corrected chi connectivity index (χ2v) is 6.74. The maximum atomic E-state index is 12.0. The molecule has 7 nitrogen and oxygen atoms in total. The van der Waals surface area contributed by atoms with Crippen LogP contribution in [0.2, 0.25) is 0 Å². The molecule has 3 rings (SSSR count). The van der Waals surface area contributed by atoms with E-state index in [9.17, 15) is 9.90 Å². The fourth-order valence-corrected chi connectivity index (χ4v) is 3.30. The molecule has 2 heterocycles. The van der Waals surface area contributed by atoms with Gasteiger partial charge < -0.3 is 10.4 Å². The Labute approximate surface area is 130 Å². The molecular weight excluding hydrogens is 282 g/mol. The van der Waals surface area contributed by atoms with Crippen molar-refractivity contribution < 1.29 is 9.90 Å². The highest BCUT2D eigenvalue weighted by molar-refractivity contribution is 5.78. The second kappa shape index (κ2) is 6.75. The molecule has 2 fully saturated rings. The molecule has 1 unspecified atom stereocenters. The van der Waals surface area contributed by atoms with Crippen LogP contribution in [0.4, 0.5) is 0 Å². The zero-order valence-corrected chi connectivity index (χ0v) is 12.9. The van der Waals surface area contributed by atoms with E-state index in [0.29, 0.717) is 25.6 Å². The minimum atomic E-state index is -0.833. The van der Waals surface area contributed by atoms with E-state index in [0.717, 1.165) is 25.9 Å². The van der Waals surface area contributed by atoms with Crippen LogP contribution in [-0.4, -0.2) is 62.7 Å². The Morgan fingerprint density at radius 3 is 2.95 bits per heavy atom. The van der Waals surface area contributed by atoms with Crippen molar-refractivity contribution in [3.8, 4) is 0 Å². The topological polar surface area (TPSA) is 83.3 Å². The molecule has 1 saturated heterocycles. The third-order valence-electron chi connectivity index (χ3n) is 4.74. The summed E-state index contributed by atoms with van der Waals surface area (Å²) < 4.78 is 1.65. The number of hydrogen-bond acceptors (Lipinski definition) is 5. The Bertz CT molecular complexity index is 488. The number of likely N-dealkylation sites (tertiary alicyclic amines) is 1. The summed E-state index contributed by atoms with van der Waals surface area (Å²) in [7, 11) is 0. The van der Waals surface area contributed by atoms with Gasteiger partial charge in [0, 0.05) is 19.3 Å². The number of rotatable bonds is 6. The predicted molar refractivity (Wildman–Crippen MR) is 81.0 cm³/mol. The van der Waals surface area contributed by atoms with Crippen molar-refractivity contribution in [1.82, 2.24) is 25.2 Å². The molecular formula is C15H25N5O2. The number of aliphatic hydroxyl groups is 1. The largest absolute Gasteiger partial charge is 0.387 e. The molecule has 1 amide bonds. The van der Waals surface area contributed by atoms with Crippen molar-refractivity contribution in [2.45, 2.75) is 44.2 Å². The van der Waals surface area contributed by atoms with Gasteiger partial charge in [0.15, 0.2) is 0 Å². The molecule has 1 aromatic rings. The maximum Gasteiger partial charge on any atom is 0.234 e. The van der Waals surface area contributed by atoms with Gasteiger partial charge in [0.25, 0.3) is 0 Å². The first kappa shape index (κ1) is 15.4. The molecule has 7 heteroatoms. The van der Waals surface area contributed by atoms with Gasteiger partial charge in [-0.15, -0.1) is 5.10 Å². The lowest BCUT2D eigenvalue weighted by molar-refractivity contribution is -0.124. The highest BCUT2D eigenvalue weighted by Gasteiger charge is 2.34. The van der Waals surface area contributed by atoms with Gasteiger partial charge in [-0.1, -0.05) is 11.6 Å². The van der Waals surface area contributed by atoms with Crippen LogP contribution in [-0.2, 0) is 11.3 Å². The summed E-state index contributed by atoms with van der Waals surface area (Å²) in [6.45, 7) is 2.95. The lowest BCUT2D eigenvalue weighted by Gasteiger charge is -2.38. The highest BCUT2D eigenvalue weighted by atomic mass is 16.3. The number of carbonyl (C=O) groups excluding carboxylic acids is 1. The molecule has 0 bridgehead atoms. The van der Waals surface area contributed by atoms with Crippen molar-refractivity contribution in [3.05, 3.63) is 12.4 Å². The van der Waals surface area contributed by atoms with E-state index < -0.39 is 5.60 Å². The normalized spacial score (nSPS) is 26.6. The van der Waals surface area contributed by atoms with Crippen molar-refractivity contribution in [2.75, 3.05) is 26.2 Å². The van der Waals surface area contributed by atoms with E-state index in [1.54, 1.807) is 17.1 Å². The molecule has 0 radical (unpaired) electrons. The lowest BCUT2D eigenvalue weighted by atomic mass is 9.85. The van der Waals surface area contributed by atoms with Gasteiger partial charge in [-0.25, -0.2) is 4.68 Å². The van der Waals surface area contributed by atoms with Crippen LogP contribution < -0.4 is 5.32 Å². The van der Waals surface area contributed by atoms with Crippen LogP contribution >= 0.6 is 0 Å². The molecule has 122 valence electrons. The summed E-state index contributed by atoms with van der Waals surface area (Å²) in [5.74, 6) is 0.742. The van der Waals surface area contributed by atoms with Crippen LogP contribution in [0.1, 0.15) is 32.1 Å². The van der Waals surface area contributed by atoms with Crippen LogP contribution in [0, 0.1) is 5.92 Å². The van der Waals surface area contributed by atoms with Gasteiger partial charge in [0.2, 0.25) is 5.91 Å². The van der Waals surface area contributed by atoms with Crippen molar-refractivity contribution in [2.24, 2.45) is 5.92 Å². The Morgan fingerprint density at radius 2 is 2.27 bits per heavy atom. The zero-order chi connectivity index (χ0) is 15.4. The van der Waals surface area contributed by atoms with E-state index in [4.69, 9.17) is 0 Å². The predicted octanol–water partition coefficient (Wildman–Crippen LogP) is 0.0213. The van der Waals surface area contributed by atoms with E-state index in [1.165, 1.54) is 19.3 Å². The van der Waals surface area contributed by atoms with Gasteiger partial charge in [0.1, 0.15) is 0 Å². The summed E-state index contributed by atoms with van der Waals surface area (Å²) in [4.78, 5) is 14.1. The second-order valence-electron chi connectivity index (χ2n) is 6.74. The molecule has 0 spiro atoms. The number of piperidine rings is 1. The quantitative estimate of drug-likeness (QED) is 0.774. The Hall–Kier alpha value is -1.47. The van der Waals surface area contributed by atoms with Crippen LogP contribution in [0.3, 0.4) is 0 Å². The van der Waals surface area contributed by atoms with E-state index >= 15 is 0 Å². The molecule has 1 atom stereocenters. The minimum absolute atomic E-state index is 0.0666. The number of nitrogens with one attached hydrogen (secondary N) is 1. The molecule has 1 saturated carbocycles. The molecule has 1 aromatic heterocycles. The minimum Gasteiger partial charge on any atom is -0.387 e. The fraction of sp³-hybridized carbons (Fsp3) is 0.800. The first-order valence-electron chi connectivity index (χ1n) is 8.18. The first-order valence-corrected chi connectivity index (χ1v) is 8.18. The van der Waals surface area contributed by atoms with E-state index in [-0.39, 0.29) is 5.91 Å². The molecule has 22 heavy (non-hydrogen) atoms. The molecule has 2 aliphatic rings. The molecule has 0 aromatic carbocycles. The molecule has 1 aliphatic carbocycles. The number of nitrogens with zero attached hydrogens (tertiary/aromatic N) is 4. The molecule has 2 N–H and O–H groups in total. The van der Waals surface area contributed by atoms with Crippen LogP contribution in [0.15, 0.2) is 12.4 Å². The third-order valence-corrected chi connectivity index (χ3v) is 4.74. The smallest absolute Gasteiger partial charge is 0.234 e. The van der Waals surface area contributed by atoms with E-state index in [1.807, 2.05) is 4.90 Å². The SMILES string of the molecule is O=C(CN1CCCC(O)(Cn2ccnn2)C1)NCC1CCC1. The van der Waals surface area contributed by atoms with E-state index in [2.05, 4.69) is 15.6 Å².